The Labute approximate surface area is 204 Å². The fourth-order valence-corrected chi connectivity index (χ4v) is 4.47. The molecule has 3 N–H and O–H groups in total. The van der Waals surface area contributed by atoms with Crippen LogP contribution in [0, 0.1) is 0 Å². The van der Waals surface area contributed by atoms with Gasteiger partial charge in [0.1, 0.15) is 11.5 Å². The molecule has 0 bridgehead atoms. The number of nitrogens with zero attached hydrogens (tertiary/aromatic N) is 6. The summed E-state index contributed by atoms with van der Waals surface area (Å²) in [5.74, 6) is 1.01. The smallest absolute Gasteiger partial charge is 0.246 e. The quantitative estimate of drug-likeness (QED) is 0.377. The number of amides is 1. The van der Waals surface area contributed by atoms with Gasteiger partial charge in [-0.25, -0.2) is 0 Å². The number of fused-ring (bicyclic) bond motifs is 1. The van der Waals surface area contributed by atoms with E-state index in [1.165, 1.54) is 6.08 Å². The summed E-state index contributed by atoms with van der Waals surface area (Å²) in [6.07, 6.45) is 8.62. The third-order valence-corrected chi connectivity index (χ3v) is 6.46. The predicted octanol–water partition coefficient (Wildman–Crippen LogP) is 3.48. The maximum atomic E-state index is 12.1. The third-order valence-electron chi connectivity index (χ3n) is 6.16. The Hall–Kier alpha value is -3.11. The van der Waals surface area contributed by atoms with E-state index in [1.807, 2.05) is 10.9 Å². The molecule has 1 unspecified atom stereocenters. The molecule has 0 aromatic carbocycles. The maximum Gasteiger partial charge on any atom is 0.246 e. The molecule has 10 nitrogen and oxygen atoms in total. The number of piperidine rings is 1. The topological polar surface area (TPSA) is 107 Å². The van der Waals surface area contributed by atoms with Crippen LogP contribution in [0.1, 0.15) is 26.7 Å². The van der Waals surface area contributed by atoms with Gasteiger partial charge in [0.15, 0.2) is 0 Å². The number of carbonyl (C=O) groups excluding carboxylic acids is 1. The summed E-state index contributed by atoms with van der Waals surface area (Å²) in [6.45, 7) is 13.0. The second-order valence-electron chi connectivity index (χ2n) is 8.37. The number of anilines is 3. The highest BCUT2D eigenvalue weighted by molar-refractivity contribution is 6.36. The lowest BCUT2D eigenvalue weighted by molar-refractivity contribution is -0.127. The Morgan fingerprint density at radius 1 is 1.38 bits per heavy atom. The zero-order valence-corrected chi connectivity index (χ0v) is 20.5. The molecule has 4 heterocycles. The van der Waals surface area contributed by atoms with Gasteiger partial charge in [0.05, 0.1) is 28.8 Å². The van der Waals surface area contributed by atoms with Crippen LogP contribution >= 0.6 is 11.6 Å². The zero-order chi connectivity index (χ0) is 24.1. The molecular formula is C23H32ClN9O. The summed E-state index contributed by atoms with van der Waals surface area (Å²) in [5, 5.41) is 12.5. The second-order valence-corrected chi connectivity index (χ2v) is 8.78. The van der Waals surface area contributed by atoms with E-state index >= 15 is 0 Å². The summed E-state index contributed by atoms with van der Waals surface area (Å²) in [6, 6.07) is 0.0531. The van der Waals surface area contributed by atoms with Crippen LogP contribution in [0.5, 0.6) is 0 Å². The Morgan fingerprint density at radius 2 is 2.21 bits per heavy atom. The molecule has 0 radical (unpaired) electrons. The molecule has 1 aliphatic heterocycles. The van der Waals surface area contributed by atoms with Gasteiger partial charge in [0.2, 0.25) is 11.9 Å². The van der Waals surface area contributed by atoms with Crippen LogP contribution in [-0.2, 0) is 11.3 Å². The molecule has 0 saturated carbocycles. The molecule has 1 aliphatic rings. The van der Waals surface area contributed by atoms with Crippen LogP contribution in [-0.4, -0.2) is 79.2 Å². The molecule has 0 aliphatic carbocycles. The van der Waals surface area contributed by atoms with Gasteiger partial charge in [0, 0.05) is 38.1 Å². The van der Waals surface area contributed by atoms with Crippen molar-refractivity contribution in [3.05, 3.63) is 36.3 Å². The van der Waals surface area contributed by atoms with Crippen LogP contribution in [0.25, 0.3) is 11.0 Å². The zero-order valence-electron chi connectivity index (χ0n) is 19.7. The van der Waals surface area contributed by atoms with Crippen molar-refractivity contribution < 1.29 is 4.79 Å². The number of nitrogens with one attached hydrogen (secondary N) is 3. The molecule has 182 valence electrons. The van der Waals surface area contributed by atoms with Crippen LogP contribution in [0.2, 0.25) is 5.02 Å². The Balaban J connectivity index is 1.50. The van der Waals surface area contributed by atoms with E-state index in [2.05, 4.69) is 51.0 Å². The molecule has 34 heavy (non-hydrogen) atoms. The average Bonchev–Trinajstić information content (AvgIpc) is 3.45. The molecule has 1 amide bonds. The highest BCUT2D eigenvalue weighted by Gasteiger charge is 2.24. The van der Waals surface area contributed by atoms with Gasteiger partial charge in [-0.05, 0) is 32.0 Å². The first-order valence-electron chi connectivity index (χ1n) is 11.7. The van der Waals surface area contributed by atoms with Gasteiger partial charge in [-0.1, -0.05) is 32.0 Å². The number of hydrogen-bond donors (Lipinski definition) is 3. The Bertz CT molecular complexity index is 1140. The van der Waals surface area contributed by atoms with E-state index in [-0.39, 0.29) is 11.9 Å². The highest BCUT2D eigenvalue weighted by Crippen LogP contribution is 2.31. The minimum Gasteiger partial charge on any atom is -0.365 e. The number of aromatic amines is 1. The lowest BCUT2D eigenvalue weighted by Gasteiger charge is -2.33. The van der Waals surface area contributed by atoms with E-state index in [1.54, 1.807) is 17.3 Å². The van der Waals surface area contributed by atoms with Crippen molar-refractivity contribution in [2.45, 2.75) is 39.3 Å². The molecule has 1 saturated heterocycles. The number of H-pyrrole nitrogens is 1. The van der Waals surface area contributed by atoms with E-state index in [0.29, 0.717) is 29.0 Å². The van der Waals surface area contributed by atoms with Crippen LogP contribution in [0.15, 0.2) is 31.2 Å². The van der Waals surface area contributed by atoms with E-state index < -0.39 is 0 Å². The number of halogens is 1. The number of carbonyl (C=O) groups is 1. The molecule has 11 heteroatoms. The third kappa shape index (κ3) is 5.51. The van der Waals surface area contributed by atoms with Gasteiger partial charge in [-0.3, -0.25) is 9.48 Å². The van der Waals surface area contributed by atoms with Crippen LogP contribution in [0.4, 0.5) is 17.5 Å². The molecule has 4 rings (SSSR count). The summed E-state index contributed by atoms with van der Waals surface area (Å²) in [4.78, 5) is 28.6. The fraction of sp³-hybridized carbons (Fsp3) is 0.478. The van der Waals surface area contributed by atoms with Gasteiger partial charge < -0.3 is 25.4 Å². The van der Waals surface area contributed by atoms with Crippen molar-refractivity contribution in [2.75, 3.05) is 43.4 Å². The number of rotatable bonds is 10. The number of hydrogen-bond acceptors (Lipinski definition) is 7. The van der Waals surface area contributed by atoms with Crippen molar-refractivity contribution in [1.29, 1.82) is 0 Å². The van der Waals surface area contributed by atoms with Gasteiger partial charge in [-0.2, -0.15) is 15.1 Å². The van der Waals surface area contributed by atoms with Crippen molar-refractivity contribution >= 4 is 46.0 Å². The largest absolute Gasteiger partial charge is 0.365 e. The number of likely N-dealkylation sites (tertiary alicyclic amines) is 1. The van der Waals surface area contributed by atoms with Crippen molar-refractivity contribution in [2.24, 2.45) is 0 Å². The number of likely N-dealkylation sites (N-methyl/N-ethyl adjacent to an activating group) is 1. The average molecular weight is 486 g/mol. The predicted molar refractivity (Wildman–Crippen MR) is 136 cm³/mol. The van der Waals surface area contributed by atoms with E-state index in [4.69, 9.17) is 16.6 Å². The van der Waals surface area contributed by atoms with Crippen LogP contribution in [0.3, 0.4) is 0 Å². The van der Waals surface area contributed by atoms with Gasteiger partial charge in [-0.15, -0.1) is 0 Å². The molecule has 0 spiro atoms. The van der Waals surface area contributed by atoms with Crippen molar-refractivity contribution in [3.63, 3.8) is 0 Å². The normalized spacial score (nSPS) is 16.2. The first-order valence-corrected chi connectivity index (χ1v) is 12.1. The van der Waals surface area contributed by atoms with Gasteiger partial charge in [0.25, 0.3) is 0 Å². The second kappa shape index (κ2) is 10.9. The van der Waals surface area contributed by atoms with Crippen LogP contribution < -0.4 is 10.6 Å². The molecule has 1 fully saturated rings. The highest BCUT2D eigenvalue weighted by atomic mass is 35.5. The summed E-state index contributed by atoms with van der Waals surface area (Å²) in [7, 11) is 0. The first kappa shape index (κ1) is 24.0. The molecular weight excluding hydrogens is 454 g/mol. The lowest BCUT2D eigenvalue weighted by Crippen LogP contribution is -2.44. The maximum absolute atomic E-state index is 12.1. The molecule has 3 aromatic rings. The minimum atomic E-state index is -0.0561. The minimum absolute atomic E-state index is 0.0531. The fourth-order valence-electron chi connectivity index (χ4n) is 4.24. The summed E-state index contributed by atoms with van der Waals surface area (Å²) < 4.78 is 1.91. The van der Waals surface area contributed by atoms with E-state index in [9.17, 15) is 4.79 Å². The lowest BCUT2D eigenvalue weighted by atomic mass is 10.1. The Morgan fingerprint density at radius 3 is 2.97 bits per heavy atom. The summed E-state index contributed by atoms with van der Waals surface area (Å²) >= 11 is 6.43. The monoisotopic (exact) mass is 485 g/mol. The standard InChI is InChI=1S/C23H32ClN9O/c1-4-19(34)32-9-7-8-16(14-32)27-22-20-18(24)13-25-21(20)29-23(30-22)28-17-12-26-33(15-17)11-10-31(5-2)6-3/h4,12-13,15-16H,1,5-11,14H2,2-3H3,(H3,25,27,28,29,30). The SMILES string of the molecule is C=CC(=O)N1CCCC(Nc2nc(Nc3cnn(CCN(CC)CC)c3)nc3[nH]cc(Cl)c23)C1. The number of aromatic nitrogens is 5. The Kier molecular flexibility index (Phi) is 7.69. The van der Waals surface area contributed by atoms with Crippen molar-refractivity contribution in [1.82, 2.24) is 34.5 Å². The first-order chi connectivity index (χ1) is 16.5. The van der Waals surface area contributed by atoms with Gasteiger partial charge >= 0.3 is 0 Å². The molecule has 1 atom stereocenters. The summed E-state index contributed by atoms with van der Waals surface area (Å²) in [5.41, 5.74) is 1.44. The molecule has 3 aromatic heterocycles. The van der Waals surface area contributed by atoms with E-state index in [0.717, 1.165) is 56.6 Å². The van der Waals surface area contributed by atoms with Crippen molar-refractivity contribution in [3.8, 4) is 0 Å².